The van der Waals surface area contributed by atoms with Crippen molar-refractivity contribution in [2.24, 2.45) is 0 Å². The van der Waals surface area contributed by atoms with E-state index in [4.69, 9.17) is 15.2 Å². The fourth-order valence-electron chi connectivity index (χ4n) is 4.07. The van der Waals surface area contributed by atoms with Gasteiger partial charge in [0.15, 0.2) is 0 Å². The Morgan fingerprint density at radius 2 is 1.77 bits per heavy atom. The van der Waals surface area contributed by atoms with Gasteiger partial charge in [-0.05, 0) is 64.5 Å². The van der Waals surface area contributed by atoms with Gasteiger partial charge in [-0.2, -0.15) is 4.98 Å². The van der Waals surface area contributed by atoms with Gasteiger partial charge in [0.05, 0.1) is 31.9 Å². The number of hydrogen-bond donors (Lipinski definition) is 3. The van der Waals surface area contributed by atoms with E-state index in [1.807, 2.05) is 63.5 Å². The largest absolute Gasteiger partial charge is 0.496 e. The number of esters is 1. The topological polar surface area (TPSA) is 123 Å². The number of unbranched alkanes of at least 4 members (excludes halogenated alkanes) is 1. The molecule has 0 aliphatic rings. The first kappa shape index (κ1) is 32.5. The number of aromatic nitrogens is 2. The zero-order chi connectivity index (χ0) is 29.3. The van der Waals surface area contributed by atoms with Crippen molar-refractivity contribution in [3.8, 4) is 5.75 Å². The van der Waals surface area contributed by atoms with E-state index in [0.717, 1.165) is 49.0 Å². The molecule has 0 radical (unpaired) electrons. The van der Waals surface area contributed by atoms with Gasteiger partial charge in [-0.25, -0.2) is 9.78 Å². The Labute approximate surface area is 238 Å². The van der Waals surface area contributed by atoms with Gasteiger partial charge < -0.3 is 30.5 Å². The average Bonchev–Trinajstić information content (AvgIpc) is 2.95. The van der Waals surface area contributed by atoms with Crippen LogP contribution < -0.4 is 15.8 Å². The fraction of sp³-hybridized carbons (Fsp3) is 0.452. The zero-order valence-electron chi connectivity index (χ0n) is 24.5. The van der Waals surface area contributed by atoms with E-state index in [-0.39, 0.29) is 24.6 Å². The minimum atomic E-state index is -0.366. The molecule has 0 unspecified atom stereocenters. The number of methoxy groups -OCH3 is 1. The number of aryl methyl sites for hydroxylation is 1. The maximum absolute atomic E-state index is 12.5. The predicted molar refractivity (Wildman–Crippen MR) is 161 cm³/mol. The summed E-state index contributed by atoms with van der Waals surface area (Å²) >= 11 is 0. The second-order valence-electron chi connectivity index (χ2n) is 9.81. The molecule has 0 spiro atoms. The number of benzene rings is 2. The summed E-state index contributed by atoms with van der Waals surface area (Å²) < 4.78 is 11.0. The van der Waals surface area contributed by atoms with Crippen LogP contribution in [-0.4, -0.2) is 72.9 Å². The van der Waals surface area contributed by atoms with Gasteiger partial charge in [-0.15, -0.1) is 0 Å². The molecule has 1 heterocycles. The van der Waals surface area contributed by atoms with E-state index in [9.17, 15) is 9.90 Å². The SMILES string of the molecule is CCC[C@@H](CO)Nc1nc(N)nc(C)c1Cc1ccc(C(=O)OCCCCN(C)C)cc1OC.c1ccccc1. The number of carbonyl (C=O) groups is 1. The van der Waals surface area contributed by atoms with Crippen LogP contribution in [0.2, 0.25) is 0 Å². The number of nitrogen functional groups attached to an aromatic ring is 1. The van der Waals surface area contributed by atoms with E-state index in [1.54, 1.807) is 19.2 Å². The number of nitrogens with two attached hydrogens (primary N) is 1. The first-order valence-corrected chi connectivity index (χ1v) is 13.8. The van der Waals surface area contributed by atoms with E-state index in [2.05, 4.69) is 27.1 Å². The van der Waals surface area contributed by atoms with Crippen LogP contribution in [0.25, 0.3) is 0 Å². The van der Waals surface area contributed by atoms with Crippen molar-refractivity contribution in [2.75, 3.05) is 52.0 Å². The molecule has 0 aliphatic carbocycles. The molecule has 9 heteroatoms. The molecule has 0 bridgehead atoms. The summed E-state index contributed by atoms with van der Waals surface area (Å²) in [5.74, 6) is 0.985. The highest BCUT2D eigenvalue weighted by Crippen LogP contribution is 2.28. The second-order valence-corrected chi connectivity index (χ2v) is 9.81. The molecule has 218 valence electrons. The van der Waals surface area contributed by atoms with Crippen LogP contribution in [0.4, 0.5) is 11.8 Å². The molecule has 1 atom stereocenters. The van der Waals surface area contributed by atoms with Crippen LogP contribution in [-0.2, 0) is 11.2 Å². The highest BCUT2D eigenvalue weighted by molar-refractivity contribution is 5.90. The lowest BCUT2D eigenvalue weighted by molar-refractivity contribution is 0.0496. The third-order valence-electron chi connectivity index (χ3n) is 6.22. The Balaban J connectivity index is 0.000000821. The molecule has 0 saturated heterocycles. The van der Waals surface area contributed by atoms with Crippen molar-refractivity contribution < 1.29 is 19.4 Å². The molecule has 3 rings (SSSR count). The van der Waals surface area contributed by atoms with Gasteiger partial charge in [0, 0.05) is 17.7 Å². The molecule has 0 aliphatic heterocycles. The molecule has 9 nitrogen and oxygen atoms in total. The Kier molecular flexibility index (Phi) is 14.5. The average molecular weight is 552 g/mol. The van der Waals surface area contributed by atoms with Crippen LogP contribution in [0.5, 0.6) is 5.75 Å². The number of nitrogens with zero attached hydrogens (tertiary/aromatic N) is 3. The third-order valence-corrected chi connectivity index (χ3v) is 6.22. The number of carbonyl (C=O) groups excluding carboxylic acids is 1. The standard InChI is InChI=1S/C25H39N5O4.C6H6/c1-6-9-20(16-31)28-23-21(17(2)27-25(26)29-23)14-18-10-11-19(15-22(18)33-5)24(32)34-13-8-7-12-30(3)4;1-2-4-6-5-3-1/h10-11,15,20,31H,6-9,12-14,16H2,1-5H3,(H3,26,27,28,29);1-6H/t20-;/m0./s1. The molecule has 3 aromatic rings. The number of aliphatic hydroxyl groups is 1. The fourth-order valence-corrected chi connectivity index (χ4v) is 4.07. The van der Waals surface area contributed by atoms with Crippen molar-refractivity contribution in [3.05, 3.63) is 77.0 Å². The maximum atomic E-state index is 12.5. The lowest BCUT2D eigenvalue weighted by Gasteiger charge is -2.20. The molecule has 0 amide bonds. The Hall–Kier alpha value is -3.69. The van der Waals surface area contributed by atoms with Crippen LogP contribution >= 0.6 is 0 Å². The lowest BCUT2D eigenvalue weighted by Crippen LogP contribution is -2.25. The summed E-state index contributed by atoms with van der Waals surface area (Å²) in [6.45, 7) is 5.28. The van der Waals surface area contributed by atoms with Gasteiger partial charge in [0.25, 0.3) is 0 Å². The molecule has 1 aromatic heterocycles. The van der Waals surface area contributed by atoms with Crippen molar-refractivity contribution in [3.63, 3.8) is 0 Å². The first-order chi connectivity index (χ1) is 19.3. The maximum Gasteiger partial charge on any atom is 0.338 e. The van der Waals surface area contributed by atoms with Crippen LogP contribution in [0.15, 0.2) is 54.6 Å². The molecule has 0 fully saturated rings. The Bertz CT molecular complexity index is 1130. The lowest BCUT2D eigenvalue weighted by atomic mass is 10.0. The van der Waals surface area contributed by atoms with Crippen molar-refractivity contribution in [2.45, 2.75) is 52.0 Å². The van der Waals surface area contributed by atoms with E-state index in [1.165, 1.54) is 0 Å². The molecular weight excluding hydrogens is 506 g/mol. The first-order valence-electron chi connectivity index (χ1n) is 13.8. The number of aliphatic hydroxyl groups excluding tert-OH is 1. The minimum Gasteiger partial charge on any atom is -0.496 e. The van der Waals surface area contributed by atoms with Gasteiger partial charge in [0.2, 0.25) is 5.95 Å². The molecule has 2 aromatic carbocycles. The van der Waals surface area contributed by atoms with E-state index in [0.29, 0.717) is 30.2 Å². The summed E-state index contributed by atoms with van der Waals surface area (Å²) in [5.41, 5.74) is 8.81. The van der Waals surface area contributed by atoms with Crippen LogP contribution in [0.3, 0.4) is 0 Å². The number of anilines is 2. The molecule has 4 N–H and O–H groups in total. The number of nitrogens with one attached hydrogen (secondary N) is 1. The summed E-state index contributed by atoms with van der Waals surface area (Å²) in [7, 11) is 5.61. The van der Waals surface area contributed by atoms with Crippen LogP contribution in [0, 0.1) is 6.92 Å². The highest BCUT2D eigenvalue weighted by Gasteiger charge is 2.18. The van der Waals surface area contributed by atoms with Gasteiger partial charge in [0.1, 0.15) is 11.6 Å². The normalized spacial score (nSPS) is 11.4. The van der Waals surface area contributed by atoms with Crippen molar-refractivity contribution >= 4 is 17.7 Å². The quantitative estimate of drug-likeness (QED) is 0.193. The molecular formula is C31H45N5O4. The predicted octanol–water partition coefficient (Wildman–Crippen LogP) is 4.72. The molecule has 0 saturated carbocycles. The van der Waals surface area contributed by atoms with E-state index < -0.39 is 0 Å². The number of rotatable bonds is 14. The summed E-state index contributed by atoms with van der Waals surface area (Å²) in [6, 6.07) is 17.2. The number of hydrogen-bond acceptors (Lipinski definition) is 9. The van der Waals surface area contributed by atoms with Gasteiger partial charge in [-0.3, -0.25) is 0 Å². The van der Waals surface area contributed by atoms with Gasteiger partial charge >= 0.3 is 5.97 Å². The van der Waals surface area contributed by atoms with Crippen molar-refractivity contribution in [1.82, 2.24) is 14.9 Å². The zero-order valence-corrected chi connectivity index (χ0v) is 24.5. The Morgan fingerprint density at radius 1 is 1.10 bits per heavy atom. The highest BCUT2D eigenvalue weighted by atomic mass is 16.5. The minimum absolute atomic E-state index is 0.00842. The molecule has 40 heavy (non-hydrogen) atoms. The van der Waals surface area contributed by atoms with Crippen molar-refractivity contribution in [1.29, 1.82) is 0 Å². The third kappa shape index (κ3) is 11.2. The van der Waals surface area contributed by atoms with Gasteiger partial charge in [-0.1, -0.05) is 55.8 Å². The summed E-state index contributed by atoms with van der Waals surface area (Å²) in [4.78, 5) is 23.3. The summed E-state index contributed by atoms with van der Waals surface area (Å²) in [5, 5.41) is 13.0. The number of ether oxygens (including phenoxy) is 2. The summed E-state index contributed by atoms with van der Waals surface area (Å²) in [6.07, 6.45) is 3.99. The monoisotopic (exact) mass is 551 g/mol. The Morgan fingerprint density at radius 3 is 2.35 bits per heavy atom. The second kappa shape index (κ2) is 17.8. The smallest absolute Gasteiger partial charge is 0.338 e. The van der Waals surface area contributed by atoms with Crippen LogP contribution in [0.1, 0.15) is 59.8 Å². The van der Waals surface area contributed by atoms with E-state index >= 15 is 0 Å².